The molecule has 0 N–H and O–H groups in total. The summed E-state index contributed by atoms with van der Waals surface area (Å²) in [5.74, 6) is 0. The quantitative estimate of drug-likeness (QED) is 0.439. The zero-order chi connectivity index (χ0) is 5.11. The summed E-state index contributed by atoms with van der Waals surface area (Å²) in [6.45, 7) is 2.08. The summed E-state index contributed by atoms with van der Waals surface area (Å²) < 4.78 is 0. The summed E-state index contributed by atoms with van der Waals surface area (Å²) in [4.78, 5) is 0. The van der Waals surface area contributed by atoms with Gasteiger partial charge in [0.15, 0.2) is 17.4 Å². The van der Waals surface area contributed by atoms with Crippen LogP contribution >= 0.6 is 0 Å². The van der Waals surface area contributed by atoms with Gasteiger partial charge in [-0.1, -0.05) is 35.9 Å². The fourth-order valence-electron chi connectivity index (χ4n) is 0.534. The van der Waals surface area contributed by atoms with E-state index in [0.29, 0.717) is 0 Å². The van der Waals surface area contributed by atoms with Gasteiger partial charge in [-0.05, 0) is 6.92 Å². The van der Waals surface area contributed by atoms with Crippen LogP contribution in [0.25, 0.3) is 0 Å². The van der Waals surface area contributed by atoms with E-state index in [1.165, 1.54) is 5.56 Å². The number of hydrogen-bond acceptors (Lipinski definition) is 0. The predicted octanol–water partition coefficient (Wildman–Crippen LogP) is 0.163. The molecular weight excluding hydrogens is 118 g/mol. The topological polar surface area (TPSA) is 0 Å². The van der Waals surface area contributed by atoms with Gasteiger partial charge < -0.3 is 0 Å². The van der Waals surface area contributed by atoms with Crippen molar-refractivity contribution >= 4 is 36.2 Å². The third kappa shape index (κ3) is 4.83. The molecule has 1 rings (SSSR count). The molecule has 0 heterocycles. The van der Waals surface area contributed by atoms with E-state index < -0.39 is 0 Å². The van der Waals surface area contributed by atoms with Crippen LogP contribution in [-0.2, 0) is 0 Å². The van der Waals surface area contributed by atoms with Gasteiger partial charge in [0, 0.05) is 0 Å². The Hall–Kier alpha value is 0.350. The summed E-state index contributed by atoms with van der Waals surface area (Å²) in [7, 11) is 0. The number of rotatable bonds is 0. The molecule has 9 heavy (non-hydrogen) atoms. The van der Waals surface area contributed by atoms with E-state index in [9.17, 15) is 0 Å². The molecular formula is C7H12AlLi. The Kier molecular flexibility index (Phi) is 8.67. The zero-order valence-electron chi connectivity index (χ0n) is 4.39. The first-order valence-corrected chi connectivity index (χ1v) is 2.41. The van der Waals surface area contributed by atoms with Gasteiger partial charge in [-0.3, -0.25) is 0 Å². The van der Waals surface area contributed by atoms with Gasteiger partial charge >= 0.3 is 18.9 Å². The molecule has 0 amide bonds. The van der Waals surface area contributed by atoms with E-state index in [1.54, 1.807) is 0 Å². The van der Waals surface area contributed by atoms with Crippen molar-refractivity contribution in [1.82, 2.24) is 0 Å². The average Bonchev–Trinajstić information content (AvgIpc) is 1.69. The van der Waals surface area contributed by atoms with Crippen molar-refractivity contribution in [1.29, 1.82) is 0 Å². The van der Waals surface area contributed by atoms with Crippen molar-refractivity contribution in [2.45, 2.75) is 6.92 Å². The first-order valence-electron chi connectivity index (χ1n) is 2.41. The van der Waals surface area contributed by atoms with E-state index in [1.807, 2.05) is 18.2 Å². The standard InChI is InChI=1S/C7H8.Al.Li.4H/c1-7-5-3-2-4-6-7;;;;;;/h2-6H,1H3;;;;;;. The van der Waals surface area contributed by atoms with Crippen LogP contribution in [0, 0.1) is 6.92 Å². The van der Waals surface area contributed by atoms with Gasteiger partial charge in [-0.25, -0.2) is 0 Å². The fraction of sp³-hybridized carbons (Fsp3) is 0.143. The maximum atomic E-state index is 2.08. The molecule has 0 aliphatic rings. The molecule has 0 atom stereocenters. The molecule has 44 valence electrons. The zero-order valence-corrected chi connectivity index (χ0v) is 4.39. The minimum atomic E-state index is 0. The Balaban J connectivity index is 0. The molecule has 0 radical (unpaired) electrons. The maximum absolute atomic E-state index is 2.08. The third-order valence-electron chi connectivity index (χ3n) is 0.940. The molecule has 1 aromatic carbocycles. The summed E-state index contributed by atoms with van der Waals surface area (Å²) in [6, 6.07) is 10.3. The summed E-state index contributed by atoms with van der Waals surface area (Å²) in [6.07, 6.45) is 0. The normalized spacial score (nSPS) is 6.78. The third-order valence-corrected chi connectivity index (χ3v) is 0.940. The van der Waals surface area contributed by atoms with Crippen molar-refractivity contribution in [3.05, 3.63) is 35.9 Å². The van der Waals surface area contributed by atoms with Crippen molar-refractivity contribution in [3.8, 4) is 0 Å². The number of benzene rings is 1. The molecule has 0 aliphatic carbocycles. The second kappa shape index (κ2) is 6.47. The Morgan fingerprint density at radius 1 is 1.00 bits per heavy atom. The Morgan fingerprint density at radius 2 is 1.44 bits per heavy atom. The van der Waals surface area contributed by atoms with Crippen LogP contribution in [0.2, 0.25) is 0 Å². The molecule has 0 unspecified atom stereocenters. The monoisotopic (exact) mass is 130 g/mol. The van der Waals surface area contributed by atoms with E-state index in [2.05, 4.69) is 19.1 Å². The van der Waals surface area contributed by atoms with Crippen LogP contribution in [0.4, 0.5) is 0 Å². The number of hydrogen-bond donors (Lipinski definition) is 0. The Bertz CT molecular complexity index is 139. The van der Waals surface area contributed by atoms with Gasteiger partial charge in [0.25, 0.3) is 0 Å². The van der Waals surface area contributed by atoms with Crippen molar-refractivity contribution in [2.75, 3.05) is 0 Å². The van der Waals surface area contributed by atoms with Crippen molar-refractivity contribution < 1.29 is 0 Å². The SMILES string of the molecule is Cc1ccccc1.[AlH3].[LiH]. The molecule has 0 saturated heterocycles. The molecule has 0 saturated carbocycles. The molecule has 0 spiro atoms. The first kappa shape index (κ1) is 12.1. The number of aryl methyl sites for hydroxylation is 1. The van der Waals surface area contributed by atoms with E-state index in [4.69, 9.17) is 0 Å². The van der Waals surface area contributed by atoms with Crippen molar-refractivity contribution in [2.24, 2.45) is 0 Å². The van der Waals surface area contributed by atoms with Gasteiger partial charge in [-0.15, -0.1) is 0 Å². The van der Waals surface area contributed by atoms with Crippen LogP contribution in [0.15, 0.2) is 30.3 Å². The van der Waals surface area contributed by atoms with E-state index in [0.717, 1.165) is 0 Å². The molecule has 0 aromatic heterocycles. The Morgan fingerprint density at radius 3 is 1.67 bits per heavy atom. The van der Waals surface area contributed by atoms with Gasteiger partial charge in [0.1, 0.15) is 0 Å². The van der Waals surface area contributed by atoms with E-state index in [-0.39, 0.29) is 36.2 Å². The second-order valence-corrected chi connectivity index (χ2v) is 1.65. The molecule has 0 nitrogen and oxygen atoms in total. The molecule has 1 aromatic rings. The first-order chi connectivity index (χ1) is 3.39. The molecule has 0 bridgehead atoms. The summed E-state index contributed by atoms with van der Waals surface area (Å²) >= 11 is 0. The van der Waals surface area contributed by atoms with Gasteiger partial charge in [0.2, 0.25) is 0 Å². The summed E-state index contributed by atoms with van der Waals surface area (Å²) in [5, 5.41) is 0. The van der Waals surface area contributed by atoms with Crippen LogP contribution in [0.1, 0.15) is 5.56 Å². The van der Waals surface area contributed by atoms with Gasteiger partial charge in [-0.2, -0.15) is 0 Å². The second-order valence-electron chi connectivity index (χ2n) is 1.65. The van der Waals surface area contributed by atoms with Crippen LogP contribution in [-0.4, -0.2) is 36.2 Å². The van der Waals surface area contributed by atoms with E-state index >= 15 is 0 Å². The molecule has 0 fully saturated rings. The van der Waals surface area contributed by atoms with Crippen LogP contribution < -0.4 is 0 Å². The molecule has 0 aliphatic heterocycles. The van der Waals surface area contributed by atoms with Crippen LogP contribution in [0.3, 0.4) is 0 Å². The van der Waals surface area contributed by atoms with Crippen molar-refractivity contribution in [3.63, 3.8) is 0 Å². The fourth-order valence-corrected chi connectivity index (χ4v) is 0.534. The van der Waals surface area contributed by atoms with Gasteiger partial charge in [0.05, 0.1) is 0 Å². The average molecular weight is 130 g/mol. The predicted molar refractivity (Wildman–Crippen MR) is 48.3 cm³/mol. The summed E-state index contributed by atoms with van der Waals surface area (Å²) in [5.41, 5.74) is 1.32. The molecule has 2 heteroatoms. The minimum absolute atomic E-state index is 0. The Labute approximate surface area is 79.0 Å². The van der Waals surface area contributed by atoms with Crippen LogP contribution in [0.5, 0.6) is 0 Å².